The quantitative estimate of drug-likeness (QED) is 0.837. The highest BCUT2D eigenvalue weighted by Crippen LogP contribution is 2.15. The third-order valence-corrected chi connectivity index (χ3v) is 3.15. The summed E-state index contributed by atoms with van der Waals surface area (Å²) in [5.74, 6) is 0.239. The van der Waals surface area contributed by atoms with Crippen molar-refractivity contribution in [3.8, 4) is 0 Å². The Labute approximate surface area is 106 Å². The predicted octanol–water partition coefficient (Wildman–Crippen LogP) is 1.80. The molecule has 1 aromatic heterocycles. The Morgan fingerprint density at radius 3 is 3.06 bits per heavy atom. The van der Waals surface area contributed by atoms with Crippen LogP contribution >= 0.6 is 0 Å². The minimum Gasteiger partial charge on any atom is -0.475 e. The summed E-state index contributed by atoms with van der Waals surface area (Å²) >= 11 is 0. The number of carboxylic acids is 1. The van der Waals surface area contributed by atoms with Gasteiger partial charge in [-0.3, -0.25) is 0 Å². The summed E-state index contributed by atoms with van der Waals surface area (Å²) < 4.78 is 10.7. The summed E-state index contributed by atoms with van der Waals surface area (Å²) in [6.07, 6.45) is 2.31. The van der Waals surface area contributed by atoms with Crippen molar-refractivity contribution in [2.24, 2.45) is 5.92 Å². The van der Waals surface area contributed by atoms with Crippen molar-refractivity contribution in [1.82, 2.24) is 5.32 Å². The smallest absolute Gasteiger partial charge is 0.372 e. The number of hydrogen-bond acceptors (Lipinski definition) is 4. The van der Waals surface area contributed by atoms with Crippen molar-refractivity contribution in [2.45, 2.75) is 26.3 Å². The van der Waals surface area contributed by atoms with E-state index in [9.17, 15) is 4.79 Å². The molecule has 1 aliphatic rings. The third kappa shape index (κ3) is 3.34. The van der Waals surface area contributed by atoms with Gasteiger partial charge in [0.15, 0.2) is 0 Å². The molecule has 100 valence electrons. The van der Waals surface area contributed by atoms with Crippen LogP contribution in [0.15, 0.2) is 10.5 Å². The Bertz CT molecular complexity index is 407. The van der Waals surface area contributed by atoms with Crippen LogP contribution in [0.4, 0.5) is 0 Å². The maximum atomic E-state index is 10.8. The van der Waals surface area contributed by atoms with Crippen LogP contribution < -0.4 is 5.32 Å². The van der Waals surface area contributed by atoms with Gasteiger partial charge in [0, 0.05) is 18.7 Å². The Hall–Kier alpha value is -1.33. The molecule has 1 fully saturated rings. The lowest BCUT2D eigenvalue weighted by atomic mass is 10.0. The lowest BCUT2D eigenvalue weighted by Gasteiger charge is -2.21. The summed E-state index contributed by atoms with van der Waals surface area (Å²) in [6.45, 7) is 4.86. The second kappa shape index (κ2) is 6.02. The number of hydrogen-bond donors (Lipinski definition) is 2. The number of carboxylic acid groups (broad SMARTS) is 1. The number of aryl methyl sites for hydroxylation is 1. The summed E-state index contributed by atoms with van der Waals surface area (Å²) in [6, 6.07) is 1.77. The molecule has 2 heterocycles. The van der Waals surface area contributed by atoms with E-state index in [4.69, 9.17) is 14.3 Å². The van der Waals surface area contributed by atoms with Crippen LogP contribution in [0.2, 0.25) is 0 Å². The molecule has 1 atom stereocenters. The highest BCUT2D eigenvalue weighted by Gasteiger charge is 2.16. The molecule has 1 saturated heterocycles. The van der Waals surface area contributed by atoms with Gasteiger partial charge >= 0.3 is 5.97 Å². The van der Waals surface area contributed by atoms with Crippen molar-refractivity contribution in [3.05, 3.63) is 23.2 Å². The molecule has 2 N–H and O–H groups in total. The van der Waals surface area contributed by atoms with Crippen LogP contribution in [-0.2, 0) is 11.3 Å². The summed E-state index contributed by atoms with van der Waals surface area (Å²) in [5, 5.41) is 12.2. The van der Waals surface area contributed by atoms with Gasteiger partial charge in [0.25, 0.3) is 0 Å². The second-order valence-corrected chi connectivity index (χ2v) is 4.74. The topological polar surface area (TPSA) is 71.7 Å². The van der Waals surface area contributed by atoms with E-state index >= 15 is 0 Å². The number of carbonyl (C=O) groups is 1. The molecule has 1 aromatic rings. The van der Waals surface area contributed by atoms with Gasteiger partial charge < -0.3 is 19.6 Å². The molecule has 0 saturated carbocycles. The zero-order chi connectivity index (χ0) is 13.0. The number of rotatable bonds is 5. The maximum absolute atomic E-state index is 10.8. The number of nitrogens with one attached hydrogen (secondary N) is 1. The van der Waals surface area contributed by atoms with Gasteiger partial charge in [-0.2, -0.15) is 0 Å². The van der Waals surface area contributed by atoms with E-state index in [0.717, 1.165) is 26.2 Å². The highest BCUT2D eigenvalue weighted by molar-refractivity contribution is 5.86. The largest absolute Gasteiger partial charge is 0.475 e. The maximum Gasteiger partial charge on any atom is 0.372 e. The van der Waals surface area contributed by atoms with Crippen molar-refractivity contribution >= 4 is 5.97 Å². The van der Waals surface area contributed by atoms with Gasteiger partial charge in [-0.25, -0.2) is 4.79 Å². The van der Waals surface area contributed by atoms with E-state index in [1.165, 1.54) is 6.42 Å². The Morgan fingerprint density at radius 1 is 1.61 bits per heavy atom. The number of furan rings is 1. The molecule has 18 heavy (non-hydrogen) atoms. The zero-order valence-electron chi connectivity index (χ0n) is 10.6. The first kappa shape index (κ1) is 13.1. The van der Waals surface area contributed by atoms with Gasteiger partial charge in [-0.05, 0) is 31.7 Å². The average Bonchev–Trinajstić information content (AvgIpc) is 2.72. The number of aromatic carboxylic acids is 1. The summed E-state index contributed by atoms with van der Waals surface area (Å²) in [5.41, 5.74) is 0.667. The van der Waals surface area contributed by atoms with Crippen LogP contribution in [-0.4, -0.2) is 30.8 Å². The first-order valence-corrected chi connectivity index (χ1v) is 6.28. The Kier molecular flexibility index (Phi) is 4.38. The van der Waals surface area contributed by atoms with E-state index in [-0.39, 0.29) is 5.76 Å². The summed E-state index contributed by atoms with van der Waals surface area (Å²) in [4.78, 5) is 10.8. The van der Waals surface area contributed by atoms with Gasteiger partial charge in [0.1, 0.15) is 5.76 Å². The van der Waals surface area contributed by atoms with Crippen LogP contribution in [0.5, 0.6) is 0 Å². The van der Waals surface area contributed by atoms with Crippen molar-refractivity contribution < 1.29 is 19.1 Å². The normalized spacial score (nSPS) is 19.9. The molecule has 2 rings (SSSR count). The molecule has 1 aliphatic heterocycles. The molecule has 0 aliphatic carbocycles. The Morgan fingerprint density at radius 2 is 2.44 bits per heavy atom. The van der Waals surface area contributed by atoms with Gasteiger partial charge in [-0.15, -0.1) is 0 Å². The molecule has 0 radical (unpaired) electrons. The van der Waals surface area contributed by atoms with E-state index < -0.39 is 5.97 Å². The Balaban J connectivity index is 1.79. The molecule has 0 aromatic carbocycles. The number of ether oxygens (including phenoxy) is 1. The lowest BCUT2D eigenvalue weighted by Crippen LogP contribution is -2.28. The molecular weight excluding hydrogens is 234 g/mol. The second-order valence-electron chi connectivity index (χ2n) is 4.74. The molecule has 5 nitrogen and oxygen atoms in total. The van der Waals surface area contributed by atoms with Crippen LogP contribution in [0.25, 0.3) is 0 Å². The van der Waals surface area contributed by atoms with Crippen LogP contribution in [0.1, 0.15) is 34.7 Å². The minimum atomic E-state index is -1.01. The lowest BCUT2D eigenvalue weighted by molar-refractivity contribution is 0.0545. The fraction of sp³-hybridized carbons (Fsp3) is 0.615. The monoisotopic (exact) mass is 253 g/mol. The van der Waals surface area contributed by atoms with E-state index in [2.05, 4.69) is 5.32 Å². The van der Waals surface area contributed by atoms with Gasteiger partial charge in [0.2, 0.25) is 5.76 Å². The molecule has 0 bridgehead atoms. The predicted molar refractivity (Wildman–Crippen MR) is 65.7 cm³/mol. The fourth-order valence-corrected chi connectivity index (χ4v) is 2.22. The molecule has 0 spiro atoms. The van der Waals surface area contributed by atoms with Crippen molar-refractivity contribution in [1.29, 1.82) is 0 Å². The van der Waals surface area contributed by atoms with Gasteiger partial charge in [0.05, 0.1) is 13.2 Å². The van der Waals surface area contributed by atoms with Crippen LogP contribution in [0, 0.1) is 12.8 Å². The van der Waals surface area contributed by atoms with Crippen LogP contribution in [0.3, 0.4) is 0 Å². The molecule has 5 heteroatoms. The van der Waals surface area contributed by atoms with Crippen molar-refractivity contribution in [3.63, 3.8) is 0 Å². The SMILES string of the molecule is Cc1cc(CNCC2CCCOC2)oc1C(=O)O. The van der Waals surface area contributed by atoms with E-state index in [1.54, 1.807) is 13.0 Å². The molecular formula is C13H19NO4. The fourth-order valence-electron chi connectivity index (χ4n) is 2.22. The van der Waals surface area contributed by atoms with E-state index in [0.29, 0.717) is 23.8 Å². The summed E-state index contributed by atoms with van der Waals surface area (Å²) in [7, 11) is 0. The minimum absolute atomic E-state index is 0.0350. The standard InChI is InChI=1S/C13H19NO4/c1-9-5-11(18-12(9)13(15)16)7-14-6-10-3-2-4-17-8-10/h5,10,14H,2-4,6-8H2,1H3,(H,15,16). The molecule has 1 unspecified atom stereocenters. The first-order chi connectivity index (χ1) is 8.66. The molecule has 0 amide bonds. The average molecular weight is 253 g/mol. The first-order valence-electron chi connectivity index (χ1n) is 6.28. The third-order valence-electron chi connectivity index (χ3n) is 3.15. The van der Waals surface area contributed by atoms with E-state index in [1.807, 2.05) is 0 Å². The van der Waals surface area contributed by atoms with Crippen molar-refractivity contribution in [2.75, 3.05) is 19.8 Å². The highest BCUT2D eigenvalue weighted by atomic mass is 16.5. The zero-order valence-corrected chi connectivity index (χ0v) is 10.6. The van der Waals surface area contributed by atoms with Gasteiger partial charge in [-0.1, -0.05) is 0 Å².